The predicted octanol–water partition coefficient (Wildman–Crippen LogP) is 2.65. The summed E-state index contributed by atoms with van der Waals surface area (Å²) in [5.74, 6) is 1.67. The van der Waals surface area contributed by atoms with Gasteiger partial charge in [-0.15, -0.1) is 0 Å². The molecule has 0 radical (unpaired) electrons. The maximum absolute atomic E-state index is 6.01. The van der Waals surface area contributed by atoms with Gasteiger partial charge >= 0.3 is 0 Å². The van der Waals surface area contributed by atoms with Crippen molar-refractivity contribution in [1.29, 1.82) is 0 Å². The van der Waals surface area contributed by atoms with Gasteiger partial charge in [-0.05, 0) is 24.0 Å². The Morgan fingerprint density at radius 1 is 1.21 bits per heavy atom. The van der Waals surface area contributed by atoms with Crippen molar-refractivity contribution in [2.75, 3.05) is 26.2 Å². The molecule has 0 saturated carbocycles. The Morgan fingerprint density at radius 3 is 2.68 bits per heavy atom. The maximum atomic E-state index is 6.01. The van der Waals surface area contributed by atoms with Gasteiger partial charge in [-0.25, -0.2) is 0 Å². The standard InChI is InChI=1S/C17H27NO/c1-3-15(2)16-9-4-5-10-17(16)19-14-8-13-18-11-6-7-12-18/h4-5,9-10,15H,3,6-8,11-14H2,1-2H3/p+1/t15-/m0/s1. The summed E-state index contributed by atoms with van der Waals surface area (Å²) < 4.78 is 6.01. The van der Waals surface area contributed by atoms with Crippen molar-refractivity contribution in [2.45, 2.75) is 45.4 Å². The molecule has 0 bridgehead atoms. The van der Waals surface area contributed by atoms with Crippen LogP contribution in [-0.2, 0) is 0 Å². The summed E-state index contributed by atoms with van der Waals surface area (Å²) in [6.07, 6.45) is 5.16. The zero-order chi connectivity index (χ0) is 13.5. The first-order valence-corrected chi connectivity index (χ1v) is 7.86. The maximum Gasteiger partial charge on any atom is 0.122 e. The minimum atomic E-state index is 0.584. The Morgan fingerprint density at radius 2 is 1.95 bits per heavy atom. The van der Waals surface area contributed by atoms with Crippen molar-refractivity contribution in [3.63, 3.8) is 0 Å². The first-order chi connectivity index (χ1) is 9.31. The first kappa shape index (κ1) is 14.4. The van der Waals surface area contributed by atoms with Gasteiger partial charge in [-0.3, -0.25) is 0 Å². The lowest BCUT2D eigenvalue weighted by atomic mass is 9.98. The minimum absolute atomic E-state index is 0.584. The number of rotatable bonds is 7. The molecule has 2 heteroatoms. The fourth-order valence-electron chi connectivity index (χ4n) is 2.87. The molecule has 1 aliphatic rings. The van der Waals surface area contributed by atoms with E-state index in [1.807, 2.05) is 0 Å². The summed E-state index contributed by atoms with van der Waals surface area (Å²) >= 11 is 0. The molecular weight excluding hydrogens is 234 g/mol. The number of likely N-dealkylation sites (tertiary alicyclic amines) is 1. The Labute approximate surface area is 117 Å². The van der Waals surface area contributed by atoms with Crippen molar-refractivity contribution < 1.29 is 9.64 Å². The molecule has 0 unspecified atom stereocenters. The summed E-state index contributed by atoms with van der Waals surface area (Å²) in [5, 5.41) is 0. The van der Waals surface area contributed by atoms with Crippen LogP contribution in [0, 0.1) is 0 Å². The molecule has 19 heavy (non-hydrogen) atoms. The van der Waals surface area contributed by atoms with Crippen LogP contribution in [0.3, 0.4) is 0 Å². The van der Waals surface area contributed by atoms with E-state index in [2.05, 4.69) is 38.1 Å². The third-order valence-electron chi connectivity index (χ3n) is 4.31. The van der Waals surface area contributed by atoms with Gasteiger partial charge < -0.3 is 9.64 Å². The molecular formula is C17H28NO+. The van der Waals surface area contributed by atoms with Gasteiger partial charge in [0.05, 0.1) is 26.2 Å². The second-order valence-electron chi connectivity index (χ2n) is 5.76. The molecule has 1 aromatic rings. The molecule has 0 aliphatic carbocycles. The zero-order valence-corrected chi connectivity index (χ0v) is 12.5. The molecule has 0 aromatic heterocycles. The van der Waals surface area contributed by atoms with Crippen molar-refractivity contribution in [3.05, 3.63) is 29.8 Å². The van der Waals surface area contributed by atoms with Crippen LogP contribution in [0.25, 0.3) is 0 Å². The monoisotopic (exact) mass is 262 g/mol. The average molecular weight is 262 g/mol. The number of nitrogens with one attached hydrogen (secondary N) is 1. The van der Waals surface area contributed by atoms with E-state index in [9.17, 15) is 0 Å². The highest BCUT2D eigenvalue weighted by molar-refractivity contribution is 5.35. The molecule has 2 rings (SSSR count). The van der Waals surface area contributed by atoms with Crippen LogP contribution in [0.2, 0.25) is 0 Å². The van der Waals surface area contributed by atoms with E-state index >= 15 is 0 Å². The van der Waals surface area contributed by atoms with Crippen LogP contribution in [0.4, 0.5) is 0 Å². The third-order valence-corrected chi connectivity index (χ3v) is 4.31. The smallest absolute Gasteiger partial charge is 0.122 e. The van der Waals surface area contributed by atoms with Gasteiger partial charge in [0.25, 0.3) is 0 Å². The first-order valence-electron chi connectivity index (χ1n) is 7.86. The van der Waals surface area contributed by atoms with Crippen molar-refractivity contribution in [3.8, 4) is 5.75 Å². The van der Waals surface area contributed by atoms with Gasteiger partial charge in [-0.2, -0.15) is 0 Å². The largest absolute Gasteiger partial charge is 0.493 e. The van der Waals surface area contributed by atoms with Gasteiger partial charge in [-0.1, -0.05) is 32.0 Å². The van der Waals surface area contributed by atoms with Crippen LogP contribution in [0.5, 0.6) is 5.75 Å². The molecule has 1 atom stereocenters. The molecule has 1 aromatic carbocycles. The van der Waals surface area contributed by atoms with Gasteiger partial charge in [0.15, 0.2) is 0 Å². The van der Waals surface area contributed by atoms with Crippen molar-refractivity contribution >= 4 is 0 Å². The summed E-state index contributed by atoms with van der Waals surface area (Å²) in [4.78, 5) is 1.76. The van der Waals surface area contributed by atoms with Gasteiger partial charge in [0.2, 0.25) is 0 Å². The molecule has 0 amide bonds. The van der Waals surface area contributed by atoms with Crippen molar-refractivity contribution in [2.24, 2.45) is 0 Å². The van der Waals surface area contributed by atoms with E-state index in [1.54, 1.807) is 4.90 Å². The summed E-state index contributed by atoms with van der Waals surface area (Å²) in [6.45, 7) is 9.37. The quantitative estimate of drug-likeness (QED) is 0.746. The van der Waals surface area contributed by atoms with Crippen LogP contribution >= 0.6 is 0 Å². The molecule has 2 nitrogen and oxygen atoms in total. The Bertz CT molecular complexity index is 371. The second kappa shape index (κ2) is 7.54. The lowest BCUT2D eigenvalue weighted by Crippen LogP contribution is -3.10. The molecule has 106 valence electrons. The predicted molar refractivity (Wildman–Crippen MR) is 80.1 cm³/mol. The number of ether oxygens (including phenoxy) is 1. The van der Waals surface area contributed by atoms with Crippen molar-refractivity contribution in [1.82, 2.24) is 0 Å². The highest BCUT2D eigenvalue weighted by Crippen LogP contribution is 2.28. The molecule has 0 spiro atoms. The Hall–Kier alpha value is -1.02. The number of para-hydroxylation sites is 1. The highest BCUT2D eigenvalue weighted by atomic mass is 16.5. The van der Waals surface area contributed by atoms with Crippen LogP contribution in [0.15, 0.2) is 24.3 Å². The van der Waals surface area contributed by atoms with E-state index in [-0.39, 0.29) is 0 Å². The fraction of sp³-hybridized carbons (Fsp3) is 0.647. The van der Waals surface area contributed by atoms with Gasteiger partial charge in [0.1, 0.15) is 5.75 Å². The molecule has 1 N–H and O–H groups in total. The lowest BCUT2D eigenvalue weighted by Gasteiger charge is -2.16. The van der Waals surface area contributed by atoms with Crippen LogP contribution in [0.1, 0.15) is 51.0 Å². The molecule has 1 saturated heterocycles. The minimum Gasteiger partial charge on any atom is -0.493 e. The number of hydrogen-bond donors (Lipinski definition) is 1. The molecule has 1 fully saturated rings. The van der Waals surface area contributed by atoms with Crippen LogP contribution in [-0.4, -0.2) is 26.2 Å². The van der Waals surface area contributed by atoms with E-state index in [0.29, 0.717) is 5.92 Å². The summed E-state index contributed by atoms with van der Waals surface area (Å²) in [7, 11) is 0. The van der Waals surface area contributed by atoms with Gasteiger partial charge in [0, 0.05) is 19.3 Å². The summed E-state index contributed by atoms with van der Waals surface area (Å²) in [6, 6.07) is 8.51. The fourth-order valence-corrected chi connectivity index (χ4v) is 2.87. The lowest BCUT2D eigenvalue weighted by molar-refractivity contribution is -0.887. The molecule has 1 aliphatic heterocycles. The zero-order valence-electron chi connectivity index (χ0n) is 12.5. The normalized spacial score (nSPS) is 17.6. The summed E-state index contributed by atoms with van der Waals surface area (Å²) in [5.41, 5.74) is 1.36. The highest BCUT2D eigenvalue weighted by Gasteiger charge is 2.14. The van der Waals surface area contributed by atoms with E-state index < -0.39 is 0 Å². The van der Waals surface area contributed by atoms with E-state index in [0.717, 1.165) is 18.8 Å². The van der Waals surface area contributed by atoms with Crippen LogP contribution < -0.4 is 9.64 Å². The number of hydrogen-bond acceptors (Lipinski definition) is 1. The Kier molecular flexibility index (Phi) is 5.71. The van der Waals surface area contributed by atoms with E-state index in [1.165, 1.54) is 44.5 Å². The second-order valence-corrected chi connectivity index (χ2v) is 5.76. The molecule has 1 heterocycles. The van der Waals surface area contributed by atoms with E-state index in [4.69, 9.17) is 4.74 Å². The number of quaternary nitrogens is 1. The number of benzene rings is 1. The topological polar surface area (TPSA) is 13.7 Å². The average Bonchev–Trinajstić information content (AvgIpc) is 2.96. The Balaban J connectivity index is 1.78. The SMILES string of the molecule is CC[C@H](C)c1ccccc1OCCC[NH+]1CCCC1. The third kappa shape index (κ3) is 4.24.